The number of aromatic nitrogens is 4. The predicted octanol–water partition coefficient (Wildman–Crippen LogP) is 1.25. The molecule has 1 fully saturated rings. The van der Waals surface area contributed by atoms with Crippen molar-refractivity contribution in [2.75, 3.05) is 0 Å². The fourth-order valence-electron chi connectivity index (χ4n) is 2.76. The number of hydrogen-bond acceptors (Lipinski definition) is 5. The van der Waals surface area contributed by atoms with Gasteiger partial charge < -0.3 is 10.1 Å². The van der Waals surface area contributed by atoms with Crippen LogP contribution in [0.15, 0.2) is 24.7 Å². The van der Waals surface area contributed by atoms with Crippen molar-refractivity contribution in [2.24, 2.45) is 7.05 Å². The van der Waals surface area contributed by atoms with E-state index >= 15 is 0 Å². The molecule has 0 aliphatic heterocycles. The largest absolute Gasteiger partial charge is 0.485 e. The van der Waals surface area contributed by atoms with Gasteiger partial charge in [0, 0.05) is 7.05 Å². The van der Waals surface area contributed by atoms with Crippen molar-refractivity contribution < 1.29 is 9.53 Å². The summed E-state index contributed by atoms with van der Waals surface area (Å²) in [5, 5.41) is 14.8. The summed E-state index contributed by atoms with van der Waals surface area (Å²) in [7, 11) is 1.85. The van der Waals surface area contributed by atoms with Gasteiger partial charge in [-0.25, -0.2) is 0 Å². The van der Waals surface area contributed by atoms with Crippen LogP contribution in [0.2, 0.25) is 0 Å². The van der Waals surface area contributed by atoms with E-state index in [1.54, 1.807) is 23.9 Å². The van der Waals surface area contributed by atoms with Gasteiger partial charge in [0.15, 0.2) is 5.75 Å². The van der Waals surface area contributed by atoms with E-state index in [0.717, 1.165) is 25.0 Å². The molecule has 2 atom stereocenters. The molecule has 2 heterocycles. The lowest BCUT2D eigenvalue weighted by Gasteiger charge is -2.21. The molecular weight excluding hydrogens is 282 g/mol. The summed E-state index contributed by atoms with van der Waals surface area (Å²) in [4.78, 5) is 12.4. The van der Waals surface area contributed by atoms with E-state index < -0.39 is 0 Å². The smallest absolute Gasteiger partial charge is 0.253 e. The van der Waals surface area contributed by atoms with Gasteiger partial charge >= 0.3 is 0 Å². The topological polar surface area (TPSA) is 81.9 Å². The maximum atomic E-state index is 12.4. The average molecular weight is 301 g/mol. The summed E-state index contributed by atoms with van der Waals surface area (Å²) in [5.74, 6) is 0.606. The van der Waals surface area contributed by atoms with Gasteiger partial charge in [-0.15, -0.1) is 0 Å². The molecule has 22 heavy (non-hydrogen) atoms. The molecule has 1 N–H and O–H groups in total. The van der Waals surface area contributed by atoms with Crippen LogP contribution in [0.3, 0.4) is 0 Å². The summed E-state index contributed by atoms with van der Waals surface area (Å²) in [6, 6.07) is 1.68. The molecule has 3 rings (SSSR count). The van der Waals surface area contributed by atoms with Gasteiger partial charge in [-0.2, -0.15) is 15.3 Å². The molecule has 1 aliphatic carbocycles. The molecule has 0 saturated heterocycles. The third kappa shape index (κ3) is 3.08. The Morgan fingerprint density at radius 1 is 1.45 bits per heavy atom. The molecule has 0 unspecified atom stereocenters. The molecule has 7 nitrogen and oxygen atoms in total. The van der Waals surface area contributed by atoms with Crippen molar-refractivity contribution in [3.8, 4) is 5.75 Å². The second-order valence-electron chi connectivity index (χ2n) is 5.55. The Morgan fingerprint density at radius 3 is 3.05 bits per heavy atom. The van der Waals surface area contributed by atoms with Gasteiger partial charge in [0.05, 0.1) is 35.9 Å². The van der Waals surface area contributed by atoms with E-state index in [0.29, 0.717) is 11.3 Å². The molecule has 7 heteroatoms. The summed E-state index contributed by atoms with van der Waals surface area (Å²) in [6.45, 7) is 1.78. The summed E-state index contributed by atoms with van der Waals surface area (Å²) < 4.78 is 7.65. The lowest BCUT2D eigenvalue weighted by Crippen LogP contribution is -2.42. The van der Waals surface area contributed by atoms with E-state index in [-0.39, 0.29) is 18.1 Å². The number of amides is 1. The first-order chi connectivity index (χ1) is 10.6. The third-order valence-electron chi connectivity index (χ3n) is 3.89. The maximum Gasteiger partial charge on any atom is 0.253 e. The Hall–Kier alpha value is -2.44. The number of nitrogens with one attached hydrogen (secondary N) is 1. The Kier molecular flexibility index (Phi) is 4.04. The zero-order valence-corrected chi connectivity index (χ0v) is 12.7. The molecule has 0 spiro atoms. The van der Waals surface area contributed by atoms with Crippen molar-refractivity contribution in [1.82, 2.24) is 25.3 Å². The quantitative estimate of drug-likeness (QED) is 0.919. The first-order valence-corrected chi connectivity index (χ1v) is 7.38. The normalized spacial score (nSPS) is 20.8. The van der Waals surface area contributed by atoms with Crippen molar-refractivity contribution in [1.29, 1.82) is 0 Å². The Balaban J connectivity index is 1.66. The number of nitrogens with zero attached hydrogens (tertiary/aromatic N) is 4. The van der Waals surface area contributed by atoms with Gasteiger partial charge in [-0.05, 0) is 32.3 Å². The fraction of sp³-hybridized carbons (Fsp3) is 0.467. The van der Waals surface area contributed by atoms with Crippen LogP contribution in [0.25, 0.3) is 0 Å². The number of carbonyl (C=O) groups is 1. The predicted molar refractivity (Wildman–Crippen MR) is 79.5 cm³/mol. The number of aryl methyl sites for hydroxylation is 2. The molecule has 1 amide bonds. The number of rotatable bonds is 4. The zero-order chi connectivity index (χ0) is 15.5. The second-order valence-corrected chi connectivity index (χ2v) is 5.55. The lowest BCUT2D eigenvalue weighted by molar-refractivity contribution is 0.0892. The van der Waals surface area contributed by atoms with E-state index in [1.807, 2.05) is 13.2 Å². The van der Waals surface area contributed by atoms with Crippen molar-refractivity contribution in [2.45, 2.75) is 38.3 Å². The maximum absolute atomic E-state index is 12.4. The second kappa shape index (κ2) is 6.13. The van der Waals surface area contributed by atoms with Crippen LogP contribution in [0.4, 0.5) is 0 Å². The van der Waals surface area contributed by atoms with E-state index in [4.69, 9.17) is 4.74 Å². The first-order valence-electron chi connectivity index (χ1n) is 7.38. The molecular formula is C15H19N5O2. The fourth-order valence-corrected chi connectivity index (χ4v) is 2.76. The zero-order valence-electron chi connectivity index (χ0n) is 12.7. The molecule has 116 valence electrons. The number of hydrogen-bond donors (Lipinski definition) is 1. The Labute approximate surface area is 128 Å². The van der Waals surface area contributed by atoms with Crippen molar-refractivity contribution in [3.63, 3.8) is 0 Å². The molecule has 1 saturated carbocycles. The van der Waals surface area contributed by atoms with Crippen LogP contribution in [-0.4, -0.2) is 38.0 Å². The SMILES string of the molecule is Cc1nnccc1C(=O)N[C@H]1CCC[C@H]1Oc1cnn(C)c1. The van der Waals surface area contributed by atoms with Gasteiger partial charge in [-0.3, -0.25) is 9.48 Å². The van der Waals surface area contributed by atoms with Crippen LogP contribution in [0.1, 0.15) is 35.3 Å². The minimum atomic E-state index is -0.126. The lowest BCUT2D eigenvalue weighted by atomic mass is 10.1. The summed E-state index contributed by atoms with van der Waals surface area (Å²) in [6.07, 6.45) is 7.89. The minimum absolute atomic E-state index is 0.000251. The van der Waals surface area contributed by atoms with Crippen LogP contribution in [0, 0.1) is 6.92 Å². The standard InChI is InChI=1S/C15H19N5O2/c1-10-12(6-7-16-19-10)15(21)18-13-4-3-5-14(13)22-11-8-17-20(2)9-11/h6-9,13-14H,3-5H2,1-2H3,(H,18,21)/t13-,14+/m0/s1. The Morgan fingerprint density at radius 2 is 2.32 bits per heavy atom. The number of carbonyl (C=O) groups excluding carboxylic acids is 1. The van der Waals surface area contributed by atoms with Gasteiger partial charge in [0.1, 0.15) is 6.10 Å². The highest BCUT2D eigenvalue weighted by Gasteiger charge is 2.31. The molecule has 0 aromatic carbocycles. The van der Waals surface area contributed by atoms with E-state index in [2.05, 4.69) is 20.6 Å². The molecule has 2 aromatic heterocycles. The summed E-state index contributed by atoms with van der Waals surface area (Å²) >= 11 is 0. The van der Waals surface area contributed by atoms with Crippen LogP contribution < -0.4 is 10.1 Å². The van der Waals surface area contributed by atoms with E-state index in [1.165, 1.54) is 6.20 Å². The van der Waals surface area contributed by atoms with Gasteiger partial charge in [-0.1, -0.05) is 0 Å². The Bertz CT molecular complexity index is 669. The van der Waals surface area contributed by atoms with Crippen LogP contribution >= 0.6 is 0 Å². The molecule has 1 aliphatic rings. The monoisotopic (exact) mass is 301 g/mol. The van der Waals surface area contributed by atoms with Crippen LogP contribution in [0.5, 0.6) is 5.75 Å². The van der Waals surface area contributed by atoms with E-state index in [9.17, 15) is 4.79 Å². The highest BCUT2D eigenvalue weighted by atomic mass is 16.5. The van der Waals surface area contributed by atoms with Crippen molar-refractivity contribution in [3.05, 3.63) is 35.9 Å². The summed E-state index contributed by atoms with van der Waals surface area (Å²) in [5.41, 5.74) is 1.18. The highest BCUT2D eigenvalue weighted by molar-refractivity contribution is 5.95. The minimum Gasteiger partial charge on any atom is -0.485 e. The van der Waals surface area contributed by atoms with Gasteiger partial charge in [0.2, 0.25) is 0 Å². The number of ether oxygens (including phenoxy) is 1. The molecule has 2 aromatic rings. The van der Waals surface area contributed by atoms with Gasteiger partial charge in [0.25, 0.3) is 5.91 Å². The molecule has 0 bridgehead atoms. The van der Waals surface area contributed by atoms with Crippen molar-refractivity contribution >= 4 is 5.91 Å². The van der Waals surface area contributed by atoms with Crippen LogP contribution in [-0.2, 0) is 7.05 Å². The first kappa shape index (κ1) is 14.5. The third-order valence-corrected chi connectivity index (χ3v) is 3.89. The molecule has 0 radical (unpaired) electrons. The highest BCUT2D eigenvalue weighted by Crippen LogP contribution is 2.24. The average Bonchev–Trinajstić information content (AvgIpc) is 3.09.